The number of aliphatic hydroxyl groups is 2. The second-order valence-electron chi connectivity index (χ2n) is 8.17. The first kappa shape index (κ1) is 22.9. The van der Waals surface area contributed by atoms with Crippen molar-refractivity contribution in [2.45, 2.75) is 36.9 Å². The molecule has 0 aliphatic carbocycles. The van der Waals surface area contributed by atoms with Gasteiger partial charge in [-0.1, -0.05) is 12.1 Å². The summed E-state index contributed by atoms with van der Waals surface area (Å²) in [6.45, 7) is -0.420. The Labute approximate surface area is 189 Å². The molecule has 1 fully saturated rings. The predicted molar refractivity (Wildman–Crippen MR) is 118 cm³/mol. The van der Waals surface area contributed by atoms with Crippen LogP contribution in [-0.4, -0.2) is 85.7 Å². The van der Waals surface area contributed by atoms with Crippen LogP contribution in [0, 0.1) is 0 Å². The molecule has 3 heterocycles. The van der Waals surface area contributed by atoms with Gasteiger partial charge < -0.3 is 36.0 Å². The van der Waals surface area contributed by atoms with Crippen molar-refractivity contribution in [3.8, 4) is 5.75 Å². The van der Waals surface area contributed by atoms with E-state index >= 15 is 0 Å². The van der Waals surface area contributed by atoms with Gasteiger partial charge >= 0.3 is 0 Å². The average molecular weight is 457 g/mol. The number of phenolic OH excluding ortho intramolecular Hbond substituents is 1. The Morgan fingerprint density at radius 2 is 2.00 bits per heavy atom. The number of nitrogens with one attached hydrogen (secondary N) is 1. The van der Waals surface area contributed by atoms with E-state index in [1.54, 1.807) is 21.6 Å². The van der Waals surface area contributed by atoms with E-state index in [4.69, 9.17) is 10.5 Å². The number of anilines is 1. The highest BCUT2D eigenvalue weighted by Crippen LogP contribution is 2.32. The van der Waals surface area contributed by atoms with Crippen molar-refractivity contribution < 1.29 is 24.9 Å². The van der Waals surface area contributed by atoms with Crippen LogP contribution in [0.2, 0.25) is 0 Å². The number of aliphatic hydroxyl groups excluding tert-OH is 2. The average Bonchev–Trinajstić information content (AvgIpc) is 3.36. The molecule has 0 bridgehead atoms. The summed E-state index contributed by atoms with van der Waals surface area (Å²) in [5, 5.41) is 32.9. The smallest absolute Gasteiger partial charge is 0.237 e. The lowest BCUT2D eigenvalue weighted by molar-refractivity contribution is -0.124. The number of nitrogens with two attached hydrogens (primary N) is 1. The first-order chi connectivity index (χ1) is 15.8. The molecule has 176 valence electrons. The van der Waals surface area contributed by atoms with E-state index < -0.39 is 43.0 Å². The molecule has 1 amide bonds. The number of carbonyl (C=O) groups excluding carboxylic acids is 1. The minimum absolute atomic E-state index is 0.120. The number of phenols is 1. The third-order valence-electron chi connectivity index (χ3n) is 5.63. The van der Waals surface area contributed by atoms with Gasteiger partial charge in [-0.25, -0.2) is 15.0 Å². The Bertz CT molecular complexity index is 1120. The van der Waals surface area contributed by atoms with E-state index in [-0.39, 0.29) is 12.2 Å². The fraction of sp³-hybridized carbons (Fsp3) is 0.429. The zero-order valence-corrected chi connectivity index (χ0v) is 18.2. The summed E-state index contributed by atoms with van der Waals surface area (Å²) in [7, 11) is 3.66. The molecule has 0 spiro atoms. The number of fused-ring (bicyclic) bond motifs is 1. The van der Waals surface area contributed by atoms with Crippen LogP contribution in [0.4, 0.5) is 5.82 Å². The molecule has 12 nitrogen and oxygen atoms in total. The number of aromatic hydroxyl groups is 1. The molecule has 1 aliphatic rings. The number of aromatic nitrogens is 4. The summed E-state index contributed by atoms with van der Waals surface area (Å²) < 4.78 is 7.42. The van der Waals surface area contributed by atoms with Gasteiger partial charge in [0.15, 0.2) is 23.2 Å². The molecule has 6 N–H and O–H groups in total. The second kappa shape index (κ2) is 9.27. The van der Waals surface area contributed by atoms with Gasteiger partial charge in [0.25, 0.3) is 0 Å². The lowest BCUT2D eigenvalue weighted by atomic mass is 10.0. The van der Waals surface area contributed by atoms with Gasteiger partial charge in [0, 0.05) is 14.1 Å². The van der Waals surface area contributed by atoms with Crippen molar-refractivity contribution >= 4 is 22.9 Å². The number of ether oxygens (including phenoxy) is 1. The molecular weight excluding hydrogens is 430 g/mol. The van der Waals surface area contributed by atoms with Gasteiger partial charge in [-0.05, 0) is 24.1 Å². The number of hydrogen-bond donors (Lipinski definition) is 5. The SMILES string of the molecule is CN(C)c1ncnc2c1ncn2[C@@H]1O[C@H](CO)[C@@H](NC(=O)[C@@H](N)Cc2ccc(O)cc2)[C@H]1O. The summed E-state index contributed by atoms with van der Waals surface area (Å²) in [6.07, 6.45) is 0.122. The maximum atomic E-state index is 12.7. The first-order valence-electron chi connectivity index (χ1n) is 10.4. The minimum Gasteiger partial charge on any atom is -0.508 e. The predicted octanol–water partition coefficient (Wildman–Crippen LogP) is -1.10. The quantitative estimate of drug-likeness (QED) is 0.293. The van der Waals surface area contributed by atoms with E-state index in [0.717, 1.165) is 5.56 Å². The molecule has 3 aromatic rings. The van der Waals surface area contributed by atoms with Gasteiger partial charge in [-0.15, -0.1) is 0 Å². The van der Waals surface area contributed by atoms with Crippen molar-refractivity contribution in [1.82, 2.24) is 24.8 Å². The van der Waals surface area contributed by atoms with Gasteiger partial charge in [0.05, 0.1) is 25.0 Å². The zero-order valence-electron chi connectivity index (χ0n) is 18.2. The number of amides is 1. The Morgan fingerprint density at radius 3 is 2.67 bits per heavy atom. The molecule has 4 rings (SSSR count). The molecule has 2 aromatic heterocycles. The van der Waals surface area contributed by atoms with Crippen LogP contribution in [0.1, 0.15) is 11.8 Å². The van der Waals surface area contributed by atoms with Crippen LogP contribution < -0.4 is 16.0 Å². The summed E-state index contributed by atoms with van der Waals surface area (Å²) in [6, 6.07) is 4.59. The molecule has 12 heteroatoms. The van der Waals surface area contributed by atoms with Crippen LogP contribution in [0.25, 0.3) is 11.2 Å². The highest BCUT2D eigenvalue weighted by atomic mass is 16.5. The van der Waals surface area contributed by atoms with Crippen LogP contribution in [0.3, 0.4) is 0 Å². The van der Waals surface area contributed by atoms with Crippen molar-refractivity contribution in [2.24, 2.45) is 5.73 Å². The van der Waals surface area contributed by atoms with Crippen molar-refractivity contribution in [3.05, 3.63) is 42.5 Å². The maximum absolute atomic E-state index is 12.7. The van der Waals surface area contributed by atoms with E-state index in [0.29, 0.717) is 17.0 Å². The highest BCUT2D eigenvalue weighted by molar-refractivity contribution is 5.83. The minimum atomic E-state index is -1.19. The molecule has 0 radical (unpaired) electrons. The number of benzene rings is 1. The third-order valence-corrected chi connectivity index (χ3v) is 5.63. The molecule has 1 aromatic carbocycles. The van der Waals surface area contributed by atoms with Crippen molar-refractivity contribution in [2.75, 3.05) is 25.6 Å². The third kappa shape index (κ3) is 4.46. The van der Waals surface area contributed by atoms with E-state index in [1.165, 1.54) is 24.8 Å². The monoisotopic (exact) mass is 457 g/mol. The topological polar surface area (TPSA) is 172 Å². The van der Waals surface area contributed by atoms with Crippen molar-refractivity contribution in [1.29, 1.82) is 0 Å². The highest BCUT2D eigenvalue weighted by Gasteiger charge is 2.46. The number of rotatable bonds is 7. The lowest BCUT2D eigenvalue weighted by Crippen LogP contribution is -2.53. The molecule has 0 saturated carbocycles. The molecule has 5 atom stereocenters. The number of hydrogen-bond acceptors (Lipinski definition) is 10. The summed E-state index contributed by atoms with van der Waals surface area (Å²) >= 11 is 0. The normalized spacial score (nSPS) is 23.5. The summed E-state index contributed by atoms with van der Waals surface area (Å²) in [5.41, 5.74) is 7.80. The van der Waals surface area contributed by atoms with Gasteiger partial charge in [0.1, 0.15) is 24.3 Å². The Balaban J connectivity index is 1.51. The Kier molecular flexibility index (Phi) is 6.42. The molecular formula is C21H27N7O5. The summed E-state index contributed by atoms with van der Waals surface area (Å²) in [4.78, 5) is 27.4. The second-order valence-corrected chi connectivity index (χ2v) is 8.17. The fourth-order valence-corrected chi connectivity index (χ4v) is 3.91. The van der Waals surface area contributed by atoms with Crippen LogP contribution >= 0.6 is 0 Å². The molecule has 1 saturated heterocycles. The Morgan fingerprint density at radius 1 is 1.27 bits per heavy atom. The number of nitrogens with zero attached hydrogens (tertiary/aromatic N) is 5. The zero-order chi connectivity index (χ0) is 23.7. The maximum Gasteiger partial charge on any atom is 0.237 e. The first-order valence-corrected chi connectivity index (χ1v) is 10.4. The molecule has 33 heavy (non-hydrogen) atoms. The van der Waals surface area contributed by atoms with Crippen LogP contribution in [0.5, 0.6) is 5.75 Å². The van der Waals surface area contributed by atoms with Gasteiger partial charge in [-0.2, -0.15) is 0 Å². The van der Waals surface area contributed by atoms with Gasteiger partial charge in [-0.3, -0.25) is 9.36 Å². The molecule has 1 aliphatic heterocycles. The van der Waals surface area contributed by atoms with Crippen LogP contribution in [0.15, 0.2) is 36.9 Å². The largest absolute Gasteiger partial charge is 0.508 e. The lowest BCUT2D eigenvalue weighted by Gasteiger charge is -2.23. The summed E-state index contributed by atoms with van der Waals surface area (Å²) in [5.74, 6) is 0.229. The van der Waals surface area contributed by atoms with Crippen LogP contribution in [-0.2, 0) is 16.0 Å². The van der Waals surface area contributed by atoms with Gasteiger partial charge in [0.2, 0.25) is 5.91 Å². The van der Waals surface area contributed by atoms with E-state index in [2.05, 4.69) is 20.3 Å². The van der Waals surface area contributed by atoms with Crippen molar-refractivity contribution in [3.63, 3.8) is 0 Å². The number of carbonyl (C=O) groups is 1. The molecule has 0 unspecified atom stereocenters. The van der Waals surface area contributed by atoms with E-state index in [9.17, 15) is 20.1 Å². The number of imidazole rings is 1. The standard InChI is InChI=1S/C21H27N7O5/c1-27(2)18-16-19(24-9-23-18)28(10-25-16)21-17(31)15(14(8-29)33-21)26-20(32)13(22)7-11-3-5-12(30)6-4-11/h3-6,9-10,13-15,17,21,29-31H,7-8,22H2,1-2H3,(H,26,32)/t13-,14+,15+,17+,21+/m0/s1. The van der Waals surface area contributed by atoms with E-state index in [1.807, 2.05) is 14.1 Å². The fourth-order valence-electron chi connectivity index (χ4n) is 3.91. The Hall–Kier alpha value is -3.32.